The first kappa shape index (κ1) is 18.1. The lowest BCUT2D eigenvalue weighted by atomic mass is 9.79. The summed E-state index contributed by atoms with van der Waals surface area (Å²) in [4.78, 5) is 0. The van der Waals surface area contributed by atoms with Gasteiger partial charge in [-0.05, 0) is 72.9 Å². The number of allylic oxidation sites excluding steroid dienone is 7. The molecule has 0 fully saturated rings. The second-order valence-electron chi connectivity index (χ2n) is 7.17. The maximum atomic E-state index is 9.11. The number of hydrogen-bond donors (Lipinski definition) is 1. The normalized spacial score (nSPS) is 18.0. The largest absolute Gasteiger partial charge is 0.307 e. The molecule has 0 spiro atoms. The second-order valence-corrected chi connectivity index (χ2v) is 7.17. The van der Waals surface area contributed by atoms with Crippen LogP contribution in [0.15, 0.2) is 58.7 Å². The average molecular weight is 342 g/mol. The molecule has 132 valence electrons. The van der Waals surface area contributed by atoms with Gasteiger partial charge in [0.05, 0.1) is 5.57 Å². The molecule has 26 heavy (non-hydrogen) atoms. The molecule has 0 amide bonds. The summed E-state index contributed by atoms with van der Waals surface area (Å²) in [6, 6.07) is 9.03. The molecule has 0 bridgehead atoms. The number of rotatable bonds is 5. The van der Waals surface area contributed by atoms with Crippen molar-refractivity contribution in [3.05, 3.63) is 75.4 Å². The van der Waals surface area contributed by atoms with Crippen LogP contribution in [0, 0.1) is 16.7 Å². The molecule has 1 N–H and O–H groups in total. The summed E-state index contributed by atoms with van der Waals surface area (Å²) in [7, 11) is 0. The summed E-state index contributed by atoms with van der Waals surface area (Å²) in [5, 5.41) is 16.5. The van der Waals surface area contributed by atoms with Crippen LogP contribution >= 0.6 is 0 Å². The van der Waals surface area contributed by atoms with Crippen molar-refractivity contribution < 1.29 is 0 Å². The number of nitrogens with zero attached hydrogens (tertiary/aromatic N) is 1. The number of aryl methyl sites for hydroxylation is 1. The first-order valence-electron chi connectivity index (χ1n) is 9.48. The standard InChI is InChI=1S/C24H26N2/c1-3-23(22-11-10-20-6-4-5-7-21(20)14-22)24-13-18(9-8-17(24)2)12-19(15-25)16-26/h5,7,10-15,23,25H,3-4,6,8-9H2,1-2H3/b19-12+,25-15?. The van der Waals surface area contributed by atoms with Crippen LogP contribution < -0.4 is 0 Å². The fourth-order valence-electron chi connectivity index (χ4n) is 3.99. The molecule has 1 aromatic carbocycles. The maximum absolute atomic E-state index is 9.11. The van der Waals surface area contributed by atoms with E-state index in [0.717, 1.165) is 43.9 Å². The van der Waals surface area contributed by atoms with Crippen molar-refractivity contribution in [2.24, 2.45) is 0 Å². The molecule has 3 rings (SSSR count). The maximum Gasteiger partial charge on any atom is 0.101 e. The van der Waals surface area contributed by atoms with Crippen LogP contribution in [-0.4, -0.2) is 6.21 Å². The minimum Gasteiger partial charge on any atom is -0.307 e. The molecule has 0 saturated heterocycles. The molecule has 2 aliphatic carbocycles. The number of fused-ring (bicyclic) bond motifs is 1. The molecule has 0 aromatic heterocycles. The van der Waals surface area contributed by atoms with Gasteiger partial charge < -0.3 is 5.41 Å². The van der Waals surface area contributed by atoms with E-state index in [2.05, 4.69) is 56.3 Å². The van der Waals surface area contributed by atoms with Gasteiger partial charge in [-0.3, -0.25) is 0 Å². The van der Waals surface area contributed by atoms with Crippen LogP contribution in [0.3, 0.4) is 0 Å². The van der Waals surface area contributed by atoms with Gasteiger partial charge in [-0.15, -0.1) is 0 Å². The van der Waals surface area contributed by atoms with Crippen molar-refractivity contribution in [3.63, 3.8) is 0 Å². The van der Waals surface area contributed by atoms with Gasteiger partial charge in [0.2, 0.25) is 0 Å². The minimum absolute atomic E-state index is 0.379. The van der Waals surface area contributed by atoms with Gasteiger partial charge in [0.1, 0.15) is 6.07 Å². The SMILES string of the molecule is CCC(C1=C(C)CCC(/C=C(/C#N)C=N)=C1)c1ccc2c(c1)C=CCC2. The summed E-state index contributed by atoms with van der Waals surface area (Å²) in [6.07, 6.45) is 15.1. The average Bonchev–Trinajstić information content (AvgIpc) is 2.68. The Labute approximate surface area is 156 Å². The second kappa shape index (κ2) is 8.15. The third-order valence-corrected chi connectivity index (χ3v) is 5.48. The summed E-state index contributed by atoms with van der Waals surface area (Å²) in [6.45, 7) is 4.48. The first-order valence-corrected chi connectivity index (χ1v) is 9.48. The van der Waals surface area contributed by atoms with Crippen molar-refractivity contribution >= 4 is 12.3 Å². The molecule has 0 radical (unpaired) electrons. The molecular formula is C24H26N2. The van der Waals surface area contributed by atoms with Crippen LogP contribution in [0.1, 0.15) is 62.1 Å². The zero-order valence-electron chi connectivity index (χ0n) is 15.7. The lowest BCUT2D eigenvalue weighted by Gasteiger charge is -2.25. The van der Waals surface area contributed by atoms with Crippen LogP contribution in [0.25, 0.3) is 6.08 Å². The van der Waals surface area contributed by atoms with E-state index in [1.807, 2.05) is 6.08 Å². The van der Waals surface area contributed by atoms with Crippen molar-refractivity contribution in [2.75, 3.05) is 0 Å². The fraction of sp³-hybridized carbons (Fsp3) is 0.333. The Morgan fingerprint density at radius 3 is 2.88 bits per heavy atom. The highest BCUT2D eigenvalue weighted by Crippen LogP contribution is 2.38. The van der Waals surface area contributed by atoms with E-state index >= 15 is 0 Å². The molecular weight excluding hydrogens is 316 g/mol. The Balaban J connectivity index is 1.98. The van der Waals surface area contributed by atoms with Crippen molar-refractivity contribution in [2.45, 2.75) is 51.9 Å². The topological polar surface area (TPSA) is 47.6 Å². The highest BCUT2D eigenvalue weighted by molar-refractivity contribution is 5.82. The molecule has 0 saturated carbocycles. The lowest BCUT2D eigenvalue weighted by molar-refractivity contribution is 0.741. The summed E-state index contributed by atoms with van der Waals surface area (Å²) in [5.41, 5.74) is 8.58. The number of nitriles is 1. The molecule has 2 heteroatoms. The zero-order chi connectivity index (χ0) is 18.5. The Morgan fingerprint density at radius 2 is 2.15 bits per heavy atom. The summed E-state index contributed by atoms with van der Waals surface area (Å²) >= 11 is 0. The van der Waals surface area contributed by atoms with E-state index in [0.29, 0.717) is 11.5 Å². The van der Waals surface area contributed by atoms with E-state index in [1.54, 1.807) is 0 Å². The molecule has 1 unspecified atom stereocenters. The van der Waals surface area contributed by atoms with Crippen LogP contribution in [-0.2, 0) is 6.42 Å². The first-order chi connectivity index (χ1) is 12.7. The number of hydrogen-bond acceptors (Lipinski definition) is 2. The Hall–Kier alpha value is -2.66. The summed E-state index contributed by atoms with van der Waals surface area (Å²) < 4.78 is 0. The smallest absolute Gasteiger partial charge is 0.101 e. The van der Waals surface area contributed by atoms with E-state index < -0.39 is 0 Å². The third kappa shape index (κ3) is 3.78. The predicted octanol–water partition coefficient (Wildman–Crippen LogP) is 6.28. The number of nitrogens with one attached hydrogen (secondary N) is 1. The fourth-order valence-corrected chi connectivity index (χ4v) is 3.99. The Morgan fingerprint density at radius 1 is 1.31 bits per heavy atom. The van der Waals surface area contributed by atoms with E-state index in [1.165, 1.54) is 27.8 Å². The van der Waals surface area contributed by atoms with E-state index in [4.69, 9.17) is 10.7 Å². The van der Waals surface area contributed by atoms with Gasteiger partial charge in [-0.1, -0.05) is 48.9 Å². The zero-order valence-corrected chi connectivity index (χ0v) is 15.7. The van der Waals surface area contributed by atoms with Gasteiger partial charge >= 0.3 is 0 Å². The Kier molecular flexibility index (Phi) is 5.68. The molecule has 1 atom stereocenters. The Bertz CT molecular complexity index is 872. The quantitative estimate of drug-likeness (QED) is 0.497. The van der Waals surface area contributed by atoms with Crippen LogP contribution in [0.2, 0.25) is 0 Å². The third-order valence-electron chi connectivity index (χ3n) is 5.48. The lowest BCUT2D eigenvalue weighted by Crippen LogP contribution is -2.08. The van der Waals surface area contributed by atoms with E-state index in [-0.39, 0.29) is 0 Å². The molecule has 2 aliphatic rings. The molecule has 2 nitrogen and oxygen atoms in total. The van der Waals surface area contributed by atoms with Crippen LogP contribution in [0.4, 0.5) is 0 Å². The predicted molar refractivity (Wildman–Crippen MR) is 109 cm³/mol. The highest BCUT2D eigenvalue weighted by atomic mass is 14.3. The molecule has 0 heterocycles. The molecule has 0 aliphatic heterocycles. The monoisotopic (exact) mass is 342 g/mol. The van der Waals surface area contributed by atoms with Crippen LogP contribution in [0.5, 0.6) is 0 Å². The van der Waals surface area contributed by atoms with Gasteiger partial charge in [-0.25, -0.2) is 0 Å². The van der Waals surface area contributed by atoms with Crippen molar-refractivity contribution in [1.82, 2.24) is 0 Å². The van der Waals surface area contributed by atoms with Gasteiger partial charge in [0.25, 0.3) is 0 Å². The molecule has 1 aromatic rings. The van der Waals surface area contributed by atoms with Crippen molar-refractivity contribution in [1.29, 1.82) is 10.7 Å². The minimum atomic E-state index is 0.379. The van der Waals surface area contributed by atoms with Gasteiger partial charge in [-0.2, -0.15) is 5.26 Å². The highest BCUT2D eigenvalue weighted by Gasteiger charge is 2.20. The van der Waals surface area contributed by atoms with E-state index in [9.17, 15) is 0 Å². The summed E-state index contributed by atoms with van der Waals surface area (Å²) in [5.74, 6) is 0.379. The van der Waals surface area contributed by atoms with Gasteiger partial charge in [0, 0.05) is 12.1 Å². The van der Waals surface area contributed by atoms with Gasteiger partial charge in [0.15, 0.2) is 0 Å². The number of benzene rings is 1. The van der Waals surface area contributed by atoms with Crippen molar-refractivity contribution in [3.8, 4) is 6.07 Å².